The second-order valence-electron chi connectivity index (χ2n) is 11.9. The van der Waals surface area contributed by atoms with Gasteiger partial charge in [0.05, 0.1) is 18.0 Å². The van der Waals surface area contributed by atoms with E-state index in [9.17, 15) is 18.7 Å². The van der Waals surface area contributed by atoms with Gasteiger partial charge in [0.1, 0.15) is 17.2 Å². The van der Waals surface area contributed by atoms with E-state index >= 15 is 0 Å². The number of aliphatic hydroxyl groups excluding tert-OH is 1. The molecule has 0 aliphatic heterocycles. The van der Waals surface area contributed by atoms with E-state index in [-0.39, 0.29) is 35.7 Å². The zero-order chi connectivity index (χ0) is 30.5. The van der Waals surface area contributed by atoms with Gasteiger partial charge >= 0.3 is 0 Å². The molecule has 3 N–H and O–H groups in total. The monoisotopic (exact) mass is 598 g/mol. The van der Waals surface area contributed by atoms with Crippen LogP contribution in [0.3, 0.4) is 0 Å². The van der Waals surface area contributed by atoms with Gasteiger partial charge in [0.2, 0.25) is 17.8 Å². The Balaban J connectivity index is 1.38. The maximum atomic E-state index is 14.7. The van der Waals surface area contributed by atoms with Crippen molar-refractivity contribution in [3.05, 3.63) is 36.0 Å². The lowest BCUT2D eigenvalue weighted by molar-refractivity contribution is -0.136. The Morgan fingerprint density at radius 1 is 1.02 bits per heavy atom. The minimum absolute atomic E-state index is 0.0195. The third-order valence-electron chi connectivity index (χ3n) is 9.04. The first-order chi connectivity index (χ1) is 20.7. The molecule has 5 rings (SSSR count). The van der Waals surface area contributed by atoms with Crippen molar-refractivity contribution in [2.24, 2.45) is 5.92 Å². The molecule has 2 fully saturated rings. The number of rotatable bonds is 11. The molecule has 2 heterocycles. The summed E-state index contributed by atoms with van der Waals surface area (Å²) in [5.41, 5.74) is 1.29. The van der Waals surface area contributed by atoms with Gasteiger partial charge in [-0.05, 0) is 84.0 Å². The van der Waals surface area contributed by atoms with Crippen molar-refractivity contribution in [2.45, 2.75) is 83.4 Å². The van der Waals surface area contributed by atoms with Crippen LogP contribution >= 0.6 is 0 Å². The first-order valence-electron chi connectivity index (χ1n) is 15.6. The smallest absolute Gasteiger partial charge is 0.225 e. The normalized spacial score (nSPS) is 22.6. The average molecular weight is 599 g/mol. The molecule has 234 valence electrons. The highest BCUT2D eigenvalue weighted by atomic mass is 19.1. The molecule has 0 radical (unpaired) electrons. The number of amides is 1. The number of hydrogen-bond donors (Lipinski definition) is 3. The van der Waals surface area contributed by atoms with Crippen molar-refractivity contribution in [3.63, 3.8) is 0 Å². The van der Waals surface area contributed by atoms with Crippen molar-refractivity contribution >= 4 is 34.7 Å². The average Bonchev–Trinajstić information content (AvgIpc) is 3.37. The SMILES string of the molecule is CCN(C)CCN(CC)C(=O)[C@H]1CC[C@@H](n2c(Nc3ccc(F)cc3F)nc3cnc(N[C@H]4CC[C@H](O)CC4)nc32)CC1. The molecule has 0 saturated heterocycles. The van der Waals surface area contributed by atoms with Crippen LogP contribution in [0.4, 0.5) is 26.4 Å². The Morgan fingerprint density at radius 2 is 1.77 bits per heavy atom. The van der Waals surface area contributed by atoms with Gasteiger partial charge in [0.25, 0.3) is 0 Å². The molecule has 1 amide bonds. The van der Waals surface area contributed by atoms with E-state index in [2.05, 4.69) is 34.5 Å². The van der Waals surface area contributed by atoms with Crippen molar-refractivity contribution in [1.82, 2.24) is 29.3 Å². The second-order valence-corrected chi connectivity index (χ2v) is 11.9. The van der Waals surface area contributed by atoms with Crippen LogP contribution < -0.4 is 10.6 Å². The lowest BCUT2D eigenvalue weighted by atomic mass is 9.85. The van der Waals surface area contributed by atoms with E-state index in [0.717, 1.165) is 77.1 Å². The standard InChI is InChI=1S/C31H44F2N8O2/c1-4-39(3)16-17-40(5-2)29(43)20-6-11-23(12-7-20)41-28-27(37-31(41)36-26-15-8-21(32)18-25(26)33)19-34-30(38-28)35-22-9-13-24(42)14-10-22/h8,15,18-20,22-24,42H,4-7,9-14,16-17H2,1-3H3,(H,36,37)(H,34,35,38)/t20-,22-,23+,24-. The molecule has 1 aromatic carbocycles. The number of nitrogens with zero attached hydrogens (tertiary/aromatic N) is 6. The lowest BCUT2D eigenvalue weighted by Crippen LogP contribution is -2.41. The van der Waals surface area contributed by atoms with Crippen LogP contribution in [0.25, 0.3) is 11.2 Å². The zero-order valence-corrected chi connectivity index (χ0v) is 25.4. The summed E-state index contributed by atoms with van der Waals surface area (Å²) in [4.78, 5) is 31.6. The number of aliphatic hydroxyl groups is 1. The highest BCUT2D eigenvalue weighted by Gasteiger charge is 2.32. The molecular weight excluding hydrogens is 554 g/mol. The molecular formula is C31H44F2N8O2. The van der Waals surface area contributed by atoms with Crippen molar-refractivity contribution in [3.8, 4) is 0 Å². The van der Waals surface area contributed by atoms with Gasteiger partial charge in [-0.15, -0.1) is 0 Å². The topological polar surface area (TPSA) is 111 Å². The van der Waals surface area contributed by atoms with Crippen LogP contribution in [0.2, 0.25) is 0 Å². The molecule has 2 aliphatic carbocycles. The Labute approximate surface area is 251 Å². The van der Waals surface area contributed by atoms with Crippen molar-refractivity contribution in [1.29, 1.82) is 0 Å². The zero-order valence-electron chi connectivity index (χ0n) is 25.4. The number of aromatic nitrogens is 4. The summed E-state index contributed by atoms with van der Waals surface area (Å²) >= 11 is 0. The van der Waals surface area contributed by atoms with Gasteiger partial charge < -0.3 is 25.5 Å². The minimum Gasteiger partial charge on any atom is -0.393 e. The van der Waals surface area contributed by atoms with E-state index in [1.165, 1.54) is 12.1 Å². The Kier molecular flexibility index (Phi) is 10.1. The maximum Gasteiger partial charge on any atom is 0.225 e. The minimum atomic E-state index is -0.714. The quantitative estimate of drug-likeness (QED) is 0.280. The highest BCUT2D eigenvalue weighted by molar-refractivity contribution is 5.79. The third-order valence-corrected chi connectivity index (χ3v) is 9.04. The first-order valence-corrected chi connectivity index (χ1v) is 15.6. The van der Waals surface area contributed by atoms with Crippen LogP contribution in [-0.4, -0.2) is 85.7 Å². The van der Waals surface area contributed by atoms with Crippen molar-refractivity contribution in [2.75, 3.05) is 43.9 Å². The number of imidazole rings is 1. The molecule has 2 aromatic heterocycles. The van der Waals surface area contributed by atoms with Crippen molar-refractivity contribution < 1.29 is 18.7 Å². The fourth-order valence-corrected chi connectivity index (χ4v) is 6.22. The van der Waals surface area contributed by atoms with E-state index in [1.807, 2.05) is 16.4 Å². The van der Waals surface area contributed by atoms with Crippen LogP contribution in [0.5, 0.6) is 0 Å². The van der Waals surface area contributed by atoms with E-state index < -0.39 is 11.6 Å². The molecule has 0 atom stereocenters. The molecule has 0 spiro atoms. The van der Waals surface area contributed by atoms with Gasteiger partial charge in [-0.1, -0.05) is 6.92 Å². The number of hydrogen-bond acceptors (Lipinski definition) is 8. The van der Waals surface area contributed by atoms with Gasteiger partial charge in [-0.3, -0.25) is 9.36 Å². The summed E-state index contributed by atoms with van der Waals surface area (Å²) < 4.78 is 30.3. The molecule has 0 bridgehead atoms. The molecule has 43 heavy (non-hydrogen) atoms. The Hall–Kier alpha value is -3.38. The van der Waals surface area contributed by atoms with E-state index in [1.54, 1.807) is 6.20 Å². The van der Waals surface area contributed by atoms with Crippen LogP contribution in [0, 0.1) is 17.6 Å². The summed E-state index contributed by atoms with van der Waals surface area (Å²) in [6.07, 6.45) is 7.48. The number of fused-ring (bicyclic) bond motifs is 1. The highest BCUT2D eigenvalue weighted by Crippen LogP contribution is 2.38. The molecule has 2 saturated carbocycles. The van der Waals surface area contributed by atoms with Crippen LogP contribution in [-0.2, 0) is 4.79 Å². The van der Waals surface area contributed by atoms with Gasteiger partial charge in [-0.25, -0.2) is 18.7 Å². The predicted molar refractivity (Wildman–Crippen MR) is 163 cm³/mol. The fraction of sp³-hybridized carbons (Fsp3) is 0.613. The predicted octanol–water partition coefficient (Wildman–Crippen LogP) is 5.10. The molecule has 2 aliphatic rings. The first kappa shape index (κ1) is 31.1. The molecule has 0 unspecified atom stereocenters. The number of anilines is 3. The lowest BCUT2D eigenvalue weighted by Gasteiger charge is -2.33. The van der Waals surface area contributed by atoms with Crippen LogP contribution in [0.1, 0.15) is 71.3 Å². The van der Waals surface area contributed by atoms with Gasteiger partial charge in [0, 0.05) is 43.7 Å². The summed E-state index contributed by atoms with van der Waals surface area (Å²) in [7, 11) is 2.06. The molecule has 12 heteroatoms. The summed E-state index contributed by atoms with van der Waals surface area (Å²) in [5.74, 6) is -0.321. The number of carbonyl (C=O) groups excluding carboxylic acids is 1. The van der Waals surface area contributed by atoms with Gasteiger partial charge in [0.15, 0.2) is 5.65 Å². The fourth-order valence-electron chi connectivity index (χ4n) is 6.22. The van der Waals surface area contributed by atoms with Gasteiger partial charge in [-0.2, -0.15) is 4.98 Å². The number of nitrogens with one attached hydrogen (secondary N) is 2. The van der Waals surface area contributed by atoms with Crippen LogP contribution in [0.15, 0.2) is 24.4 Å². The van der Waals surface area contributed by atoms with E-state index in [0.29, 0.717) is 29.6 Å². The maximum absolute atomic E-state index is 14.7. The number of halogens is 2. The molecule has 3 aromatic rings. The molecule has 10 nitrogen and oxygen atoms in total. The summed E-state index contributed by atoms with van der Waals surface area (Å²) in [5, 5.41) is 16.4. The number of likely N-dealkylation sites (N-methyl/N-ethyl adjacent to an activating group) is 2. The third kappa shape index (κ3) is 7.41. The Bertz CT molecular complexity index is 1390. The Morgan fingerprint density at radius 3 is 2.44 bits per heavy atom. The second kappa shape index (κ2) is 13.9. The summed E-state index contributed by atoms with van der Waals surface area (Å²) in [6.45, 7) is 7.33. The summed E-state index contributed by atoms with van der Waals surface area (Å²) in [6, 6.07) is 3.55. The van der Waals surface area contributed by atoms with E-state index in [4.69, 9.17) is 9.97 Å². The number of benzene rings is 1. The number of carbonyl (C=O) groups is 1. The largest absolute Gasteiger partial charge is 0.393 e.